The molecule has 0 unspecified atom stereocenters. The molecule has 0 aliphatic rings. The molecule has 0 rings (SSSR count). The summed E-state index contributed by atoms with van der Waals surface area (Å²) < 4.78 is 10.6. The zero-order valence-corrected chi connectivity index (χ0v) is 10.8. The fourth-order valence-corrected chi connectivity index (χ4v) is 3.64. The molecule has 0 radical (unpaired) electrons. The van der Waals surface area contributed by atoms with Crippen molar-refractivity contribution in [1.29, 1.82) is 0 Å². The van der Waals surface area contributed by atoms with Crippen LogP contribution in [0.15, 0.2) is 25.3 Å². The molecule has 0 aliphatic heterocycles. The van der Waals surface area contributed by atoms with Gasteiger partial charge in [0.2, 0.25) is 0 Å². The van der Waals surface area contributed by atoms with E-state index in [1.54, 1.807) is 12.2 Å². The summed E-state index contributed by atoms with van der Waals surface area (Å²) in [5.41, 5.74) is 0. The van der Waals surface area contributed by atoms with Crippen LogP contribution in [-0.4, -0.2) is 13.2 Å². The van der Waals surface area contributed by atoms with Crippen molar-refractivity contribution in [1.82, 2.24) is 0 Å². The van der Waals surface area contributed by atoms with Crippen LogP contribution in [0.2, 0.25) is 0 Å². The molecule has 0 fully saturated rings. The molecule has 5 heteroatoms. The minimum atomic E-state index is -2.73. The van der Waals surface area contributed by atoms with Gasteiger partial charge in [0.05, 0.1) is 0 Å². The Morgan fingerprint density at radius 1 is 1.09 bits per heavy atom. The standard InChI is InChI=1S/2C3H5O.2BrH.Ti/c2*1-2-3-4;;;/h2*2H,1,3H2;2*1H;/q2*-1;;;+4/p-2. The van der Waals surface area contributed by atoms with Crippen molar-refractivity contribution in [3.05, 3.63) is 25.3 Å². The SMILES string of the molecule is C=CC[O][Ti]([Br])([Br])[O]CC=C. The van der Waals surface area contributed by atoms with Crippen molar-refractivity contribution in [3.63, 3.8) is 0 Å². The summed E-state index contributed by atoms with van der Waals surface area (Å²) in [4.78, 5) is 0. The molecule has 0 aromatic rings. The van der Waals surface area contributed by atoms with Gasteiger partial charge < -0.3 is 0 Å². The Bertz CT molecular complexity index is 125. The summed E-state index contributed by atoms with van der Waals surface area (Å²) in [5.74, 6) is 0. The van der Waals surface area contributed by atoms with Crippen LogP contribution in [0, 0.1) is 0 Å². The second-order valence-corrected chi connectivity index (χ2v) is 17.0. The summed E-state index contributed by atoms with van der Waals surface area (Å²) in [6, 6.07) is 0. The van der Waals surface area contributed by atoms with Crippen LogP contribution in [0.25, 0.3) is 0 Å². The summed E-state index contributed by atoms with van der Waals surface area (Å²) in [6.45, 7) is 8.05. The van der Waals surface area contributed by atoms with Crippen LogP contribution in [0.4, 0.5) is 0 Å². The Hall–Kier alpha value is 1.07. The van der Waals surface area contributed by atoms with Gasteiger partial charge in [-0.1, -0.05) is 0 Å². The fraction of sp³-hybridized carbons (Fsp3) is 0.333. The topological polar surface area (TPSA) is 18.5 Å². The molecule has 0 aliphatic carbocycles. The van der Waals surface area contributed by atoms with Gasteiger partial charge in [0.15, 0.2) is 0 Å². The van der Waals surface area contributed by atoms with Gasteiger partial charge >= 0.3 is 84.7 Å². The second kappa shape index (κ2) is 6.58. The maximum atomic E-state index is 5.31. The third kappa shape index (κ3) is 7.44. The average molecular weight is 322 g/mol. The molecule has 0 aromatic carbocycles. The van der Waals surface area contributed by atoms with Gasteiger partial charge in [-0.05, 0) is 0 Å². The molecular weight excluding hydrogens is 312 g/mol. The Kier molecular flexibility index (Phi) is 7.22. The van der Waals surface area contributed by atoms with E-state index in [4.69, 9.17) is 6.64 Å². The molecule has 0 aromatic heterocycles. The Balaban J connectivity index is 3.59. The average Bonchev–Trinajstić information content (AvgIpc) is 1.97. The van der Waals surface area contributed by atoms with Gasteiger partial charge in [-0.3, -0.25) is 0 Å². The number of hydrogen-bond donors (Lipinski definition) is 0. The van der Waals surface area contributed by atoms with E-state index in [0.29, 0.717) is 13.2 Å². The Morgan fingerprint density at radius 2 is 1.45 bits per heavy atom. The molecule has 0 atom stereocenters. The first-order chi connectivity index (χ1) is 5.12. The molecule has 0 saturated carbocycles. The fourth-order valence-electron chi connectivity index (χ4n) is 0.354. The third-order valence-corrected chi connectivity index (χ3v) is 6.08. The van der Waals surface area contributed by atoms with E-state index in [9.17, 15) is 0 Å². The van der Waals surface area contributed by atoms with Crippen LogP contribution < -0.4 is 0 Å². The van der Waals surface area contributed by atoms with Crippen molar-refractivity contribution in [2.45, 2.75) is 0 Å². The van der Waals surface area contributed by atoms with E-state index < -0.39 is 13.2 Å². The molecule has 0 spiro atoms. The van der Waals surface area contributed by atoms with E-state index in [0.717, 1.165) is 0 Å². The quantitative estimate of drug-likeness (QED) is 0.553. The molecular formula is C6H10Br2O2Ti. The van der Waals surface area contributed by atoms with E-state index in [2.05, 4.69) is 39.5 Å². The van der Waals surface area contributed by atoms with Gasteiger partial charge in [-0.2, -0.15) is 0 Å². The van der Waals surface area contributed by atoms with Gasteiger partial charge in [-0.15, -0.1) is 0 Å². The zero-order chi connectivity index (χ0) is 8.74. The Labute approximate surface area is 84.1 Å². The zero-order valence-electron chi connectivity index (χ0n) is 6.06. The number of hydrogen-bond acceptors (Lipinski definition) is 2. The predicted molar refractivity (Wildman–Crippen MR) is 50.2 cm³/mol. The van der Waals surface area contributed by atoms with Crippen molar-refractivity contribution >= 4 is 26.3 Å². The van der Waals surface area contributed by atoms with E-state index in [1.807, 2.05) is 0 Å². The predicted octanol–water partition coefficient (Wildman–Crippen LogP) is 3.00. The van der Waals surface area contributed by atoms with E-state index in [-0.39, 0.29) is 0 Å². The second-order valence-electron chi connectivity index (χ2n) is 1.66. The summed E-state index contributed by atoms with van der Waals surface area (Å²) in [7, 11) is 0. The van der Waals surface area contributed by atoms with Crippen LogP contribution in [-0.2, 0) is 19.8 Å². The van der Waals surface area contributed by atoms with Gasteiger partial charge in [0.25, 0.3) is 0 Å². The van der Waals surface area contributed by atoms with Crippen molar-refractivity contribution in [2.24, 2.45) is 0 Å². The first kappa shape index (κ1) is 12.1. The Morgan fingerprint density at radius 3 is 1.73 bits per heavy atom. The van der Waals surface area contributed by atoms with Crippen LogP contribution in [0.5, 0.6) is 0 Å². The van der Waals surface area contributed by atoms with Crippen molar-refractivity contribution in [2.75, 3.05) is 13.2 Å². The minimum absolute atomic E-state index is 0.494. The normalized spacial score (nSPS) is 11.1. The van der Waals surface area contributed by atoms with Crippen molar-refractivity contribution in [3.8, 4) is 0 Å². The van der Waals surface area contributed by atoms with E-state index >= 15 is 0 Å². The van der Waals surface area contributed by atoms with Crippen LogP contribution in [0.1, 0.15) is 0 Å². The molecule has 11 heavy (non-hydrogen) atoms. The third-order valence-electron chi connectivity index (χ3n) is 0.738. The van der Waals surface area contributed by atoms with Gasteiger partial charge in [-0.25, -0.2) is 0 Å². The molecule has 0 heterocycles. The summed E-state index contributed by atoms with van der Waals surface area (Å²) >= 11 is 3.96. The van der Waals surface area contributed by atoms with E-state index in [1.165, 1.54) is 0 Å². The van der Waals surface area contributed by atoms with Crippen molar-refractivity contribution < 1.29 is 19.8 Å². The number of halogens is 2. The molecule has 64 valence electrons. The summed E-state index contributed by atoms with van der Waals surface area (Å²) in [6.07, 6.45) is 3.36. The number of rotatable bonds is 6. The monoisotopic (exact) mass is 320 g/mol. The first-order valence-corrected chi connectivity index (χ1v) is 12.0. The van der Waals surface area contributed by atoms with Gasteiger partial charge in [0, 0.05) is 0 Å². The molecule has 0 N–H and O–H groups in total. The molecule has 0 saturated heterocycles. The molecule has 0 amide bonds. The van der Waals surface area contributed by atoms with Crippen LogP contribution >= 0.6 is 26.3 Å². The van der Waals surface area contributed by atoms with Gasteiger partial charge in [0.1, 0.15) is 0 Å². The first-order valence-electron chi connectivity index (χ1n) is 3.00. The molecule has 0 bridgehead atoms. The summed E-state index contributed by atoms with van der Waals surface area (Å²) in [5, 5.41) is 0. The maximum absolute atomic E-state index is 5.31. The van der Waals surface area contributed by atoms with Crippen LogP contribution in [0.3, 0.4) is 0 Å². The molecule has 2 nitrogen and oxygen atoms in total.